The Morgan fingerprint density at radius 2 is 0.414 bits per heavy atom. The Morgan fingerprint density at radius 1 is 0.259 bits per heavy atom. The van der Waals surface area contributed by atoms with Crippen LogP contribution in [0.2, 0.25) is 0 Å². The molecular weight excluding hydrogens is 731 g/mol. The van der Waals surface area contributed by atoms with Gasteiger partial charge in [0.15, 0.2) is 0 Å². The van der Waals surface area contributed by atoms with E-state index in [1.54, 1.807) is 0 Å². The minimum atomic E-state index is -3.95. The van der Waals surface area contributed by atoms with Crippen molar-refractivity contribution in [3.8, 4) is 0 Å². The van der Waals surface area contributed by atoms with Gasteiger partial charge in [-0.05, 0) is 38.5 Å². The van der Waals surface area contributed by atoms with E-state index in [1.165, 1.54) is 289 Å². The molecule has 0 aliphatic rings. The maximum atomic E-state index is 12.1. The molecule has 0 aromatic rings. The molecule has 0 radical (unpaired) electrons. The zero-order valence-corrected chi connectivity index (χ0v) is 41.3. The van der Waals surface area contributed by atoms with E-state index in [1.807, 2.05) is 0 Å². The average Bonchev–Trinajstić information content (AvgIpc) is 3.21. The summed E-state index contributed by atoms with van der Waals surface area (Å²) in [5.41, 5.74) is 0. The second-order valence-corrected chi connectivity index (χ2v) is 20.9. The Bertz CT molecular complexity index is 793. The monoisotopic (exact) mass is 841 g/mol. The van der Waals surface area contributed by atoms with E-state index in [-0.39, 0.29) is 5.75 Å². The number of hydrogen-bond donors (Lipinski definition) is 1. The molecule has 0 bridgehead atoms. The lowest BCUT2D eigenvalue weighted by atomic mass is 10.0. The predicted molar refractivity (Wildman–Crippen MR) is 261 cm³/mol. The quantitative estimate of drug-likeness (QED) is 0.0377. The fraction of sp³-hybridized carbons (Fsp3) is 1.00. The summed E-state index contributed by atoms with van der Waals surface area (Å²) in [4.78, 5) is 0. The molecule has 0 aromatic carbocycles. The van der Waals surface area contributed by atoms with Crippen LogP contribution in [0, 0.1) is 0 Å². The van der Waals surface area contributed by atoms with E-state index >= 15 is 0 Å². The maximum absolute atomic E-state index is 12.1. The summed E-state index contributed by atoms with van der Waals surface area (Å²) in [7, 11) is -3.95. The van der Waals surface area contributed by atoms with Crippen molar-refractivity contribution in [2.75, 3.05) is 31.9 Å². The van der Waals surface area contributed by atoms with E-state index in [2.05, 4.69) is 20.8 Å². The van der Waals surface area contributed by atoms with Crippen LogP contribution in [0.25, 0.3) is 0 Å². The van der Waals surface area contributed by atoms with Crippen molar-refractivity contribution < 1.29 is 17.5 Å². The summed E-state index contributed by atoms with van der Waals surface area (Å²) in [5, 5.41) is 0. The molecule has 0 aromatic heterocycles. The van der Waals surface area contributed by atoms with Gasteiger partial charge in [-0.15, -0.1) is 0 Å². The SMILES string of the molecule is CCCCCCCCCCCCCCCCC[N+](CCCCCCCCCCCCCCCCC)(CCCCCCCCCCCCCCCCC)CCS(=O)(=O)O. The third-order valence-corrected chi connectivity index (χ3v) is 14.2. The summed E-state index contributed by atoms with van der Waals surface area (Å²) in [6.45, 7) is 10.7. The molecule has 0 unspecified atom stereocenters. The van der Waals surface area contributed by atoms with Crippen LogP contribution in [-0.2, 0) is 10.1 Å². The number of hydrogen-bond acceptors (Lipinski definition) is 2. The summed E-state index contributed by atoms with van der Waals surface area (Å²) in [6, 6.07) is 0. The van der Waals surface area contributed by atoms with Gasteiger partial charge in [-0.25, -0.2) is 0 Å². The molecule has 0 aliphatic carbocycles. The van der Waals surface area contributed by atoms with Gasteiger partial charge in [0.05, 0.1) is 26.2 Å². The van der Waals surface area contributed by atoms with Gasteiger partial charge in [0.25, 0.3) is 10.1 Å². The number of unbranched alkanes of at least 4 members (excludes halogenated alkanes) is 42. The minimum Gasteiger partial charge on any atom is -0.323 e. The van der Waals surface area contributed by atoms with Gasteiger partial charge >= 0.3 is 0 Å². The molecule has 0 saturated heterocycles. The average molecular weight is 842 g/mol. The first-order valence-corrected chi connectivity index (χ1v) is 28.8. The zero-order valence-electron chi connectivity index (χ0n) is 40.5. The van der Waals surface area contributed by atoms with Gasteiger partial charge in [-0.1, -0.05) is 271 Å². The second-order valence-electron chi connectivity index (χ2n) is 19.4. The van der Waals surface area contributed by atoms with Crippen LogP contribution in [0.3, 0.4) is 0 Å². The molecule has 0 fully saturated rings. The third kappa shape index (κ3) is 45.4. The molecule has 1 N–H and O–H groups in total. The highest BCUT2D eigenvalue weighted by Crippen LogP contribution is 2.21. The summed E-state index contributed by atoms with van der Waals surface area (Å²) in [6.07, 6.45) is 61.8. The van der Waals surface area contributed by atoms with Crippen molar-refractivity contribution in [2.24, 2.45) is 0 Å². The Hall–Kier alpha value is -0.130. The van der Waals surface area contributed by atoms with Gasteiger partial charge in [0.2, 0.25) is 0 Å². The first kappa shape index (κ1) is 57.9. The topological polar surface area (TPSA) is 54.4 Å². The van der Waals surface area contributed by atoms with E-state index in [9.17, 15) is 13.0 Å². The molecule has 0 spiro atoms. The summed E-state index contributed by atoms with van der Waals surface area (Å²) in [5.74, 6) is -0.0801. The fourth-order valence-electron chi connectivity index (χ4n) is 9.44. The van der Waals surface area contributed by atoms with Crippen molar-refractivity contribution in [2.45, 2.75) is 310 Å². The van der Waals surface area contributed by atoms with Crippen LogP contribution in [-0.4, -0.2) is 49.4 Å². The molecule has 350 valence electrons. The predicted octanol–water partition coefficient (Wildman–Crippen LogP) is 18.3. The molecule has 0 rings (SSSR count). The van der Waals surface area contributed by atoms with Gasteiger partial charge in [-0.3, -0.25) is 4.55 Å². The lowest BCUT2D eigenvalue weighted by Crippen LogP contribution is -2.52. The van der Waals surface area contributed by atoms with E-state index in [0.717, 1.165) is 24.1 Å². The number of rotatable bonds is 51. The molecule has 0 amide bonds. The van der Waals surface area contributed by atoms with Crippen molar-refractivity contribution in [3.05, 3.63) is 0 Å². The fourth-order valence-corrected chi connectivity index (χ4v) is 10.1. The molecule has 5 heteroatoms. The standard InChI is InChI=1S/C53H109NO3S/c1-4-7-10-13-16-19-22-25-28-31-34-37-40-43-46-49-54(52-53-58(55,56)57,50-47-44-41-38-35-32-29-26-23-20-17-14-11-8-5-2)51-48-45-42-39-36-33-30-27-24-21-18-15-12-9-6-3/h4-53H2,1-3H3/p+1. The molecule has 58 heavy (non-hydrogen) atoms. The molecule has 4 nitrogen and oxygen atoms in total. The third-order valence-electron chi connectivity index (χ3n) is 13.5. The first-order valence-electron chi connectivity index (χ1n) is 27.2. The van der Waals surface area contributed by atoms with Crippen molar-refractivity contribution >= 4 is 10.1 Å². The van der Waals surface area contributed by atoms with Crippen LogP contribution in [0.4, 0.5) is 0 Å². The van der Waals surface area contributed by atoms with Crippen LogP contribution < -0.4 is 0 Å². The number of nitrogens with zero attached hydrogens (tertiary/aromatic N) is 1. The lowest BCUT2D eigenvalue weighted by molar-refractivity contribution is -0.926. The van der Waals surface area contributed by atoms with Crippen LogP contribution in [0.1, 0.15) is 310 Å². The Labute approximate surface area is 367 Å². The van der Waals surface area contributed by atoms with Gasteiger partial charge < -0.3 is 4.48 Å². The normalized spacial score (nSPS) is 12.3. The molecule has 0 atom stereocenters. The highest BCUT2D eigenvalue weighted by atomic mass is 32.2. The molecule has 0 saturated carbocycles. The second kappa shape index (κ2) is 46.4. The molecule has 0 heterocycles. The van der Waals surface area contributed by atoms with Crippen molar-refractivity contribution in [1.29, 1.82) is 0 Å². The first-order chi connectivity index (χ1) is 28.4. The summed E-state index contributed by atoms with van der Waals surface area (Å²) < 4.78 is 34.9. The Morgan fingerprint density at radius 3 is 0.569 bits per heavy atom. The van der Waals surface area contributed by atoms with E-state index in [4.69, 9.17) is 0 Å². The highest BCUT2D eigenvalue weighted by molar-refractivity contribution is 7.85. The van der Waals surface area contributed by atoms with E-state index in [0.29, 0.717) is 6.54 Å². The van der Waals surface area contributed by atoms with Crippen molar-refractivity contribution in [1.82, 2.24) is 0 Å². The van der Waals surface area contributed by atoms with Crippen LogP contribution >= 0.6 is 0 Å². The minimum absolute atomic E-state index is 0.0801. The largest absolute Gasteiger partial charge is 0.323 e. The maximum Gasteiger partial charge on any atom is 0.270 e. The van der Waals surface area contributed by atoms with Gasteiger partial charge in [0.1, 0.15) is 5.75 Å². The highest BCUT2D eigenvalue weighted by Gasteiger charge is 2.28. The van der Waals surface area contributed by atoms with Gasteiger partial charge in [-0.2, -0.15) is 8.42 Å². The summed E-state index contributed by atoms with van der Waals surface area (Å²) >= 11 is 0. The van der Waals surface area contributed by atoms with Crippen LogP contribution in [0.15, 0.2) is 0 Å². The molecule has 0 aliphatic heterocycles. The smallest absolute Gasteiger partial charge is 0.270 e. The van der Waals surface area contributed by atoms with Crippen LogP contribution in [0.5, 0.6) is 0 Å². The van der Waals surface area contributed by atoms with E-state index < -0.39 is 10.1 Å². The zero-order chi connectivity index (χ0) is 42.4. The Kier molecular flexibility index (Phi) is 46.3. The molecular formula is C53H110NO3S+. The lowest BCUT2D eigenvalue weighted by Gasteiger charge is -2.39. The Balaban J connectivity index is 4.63. The number of quaternary nitrogens is 1. The van der Waals surface area contributed by atoms with Crippen molar-refractivity contribution in [3.63, 3.8) is 0 Å². The van der Waals surface area contributed by atoms with Gasteiger partial charge in [0, 0.05) is 0 Å².